The Kier molecular flexibility index (Phi) is 6.73. The second-order valence-electron chi connectivity index (χ2n) is 11.2. The molecule has 35 heavy (non-hydrogen) atoms. The molecule has 2 aliphatic carbocycles. The molecule has 2 saturated carbocycles. The lowest BCUT2D eigenvalue weighted by Crippen LogP contribution is -2.55. The summed E-state index contributed by atoms with van der Waals surface area (Å²) in [5.41, 5.74) is 1.56. The van der Waals surface area contributed by atoms with Crippen molar-refractivity contribution in [1.29, 1.82) is 0 Å². The molecule has 1 aliphatic heterocycles. The summed E-state index contributed by atoms with van der Waals surface area (Å²) in [6.45, 7) is 4.03. The smallest absolute Gasteiger partial charge is 0.229 e. The van der Waals surface area contributed by atoms with Crippen LogP contribution < -0.4 is 0 Å². The first-order valence-electron chi connectivity index (χ1n) is 12.6. The molecule has 2 aromatic rings. The molecule has 0 bridgehead atoms. The van der Waals surface area contributed by atoms with Gasteiger partial charge >= 0.3 is 0 Å². The Labute approximate surface area is 218 Å². The zero-order valence-electron chi connectivity index (χ0n) is 20.3. The second-order valence-corrected chi connectivity index (χ2v) is 14.5. The first-order valence-corrected chi connectivity index (χ1v) is 15.1. The van der Waals surface area contributed by atoms with Crippen molar-refractivity contribution < 1.29 is 13.2 Å². The third-order valence-corrected chi connectivity index (χ3v) is 10.7. The van der Waals surface area contributed by atoms with Gasteiger partial charge in [-0.1, -0.05) is 61.3 Å². The van der Waals surface area contributed by atoms with Gasteiger partial charge < -0.3 is 4.90 Å². The number of halogens is 2. The maximum Gasteiger partial charge on any atom is 0.229 e. The summed E-state index contributed by atoms with van der Waals surface area (Å²) in [5.74, 6) is 0.635. The van der Waals surface area contributed by atoms with Crippen LogP contribution in [0.2, 0.25) is 10.0 Å². The van der Waals surface area contributed by atoms with E-state index >= 15 is 0 Å². The monoisotopic (exact) mass is 533 g/mol. The fraction of sp³-hybridized carbons (Fsp3) is 0.536. The third-order valence-electron chi connectivity index (χ3n) is 7.97. The first kappa shape index (κ1) is 25.1. The number of sulfone groups is 1. The minimum absolute atomic E-state index is 0.0314. The van der Waals surface area contributed by atoms with Crippen LogP contribution >= 0.6 is 23.2 Å². The molecule has 3 aliphatic rings. The van der Waals surface area contributed by atoms with Gasteiger partial charge in [0.1, 0.15) is 0 Å². The molecular weight excluding hydrogens is 501 g/mol. The van der Waals surface area contributed by atoms with E-state index in [0.29, 0.717) is 28.8 Å². The van der Waals surface area contributed by atoms with Crippen LogP contribution in [0.1, 0.15) is 75.5 Å². The number of carbonyl (C=O) groups is 1. The van der Waals surface area contributed by atoms with Crippen LogP contribution in [-0.2, 0) is 14.6 Å². The summed E-state index contributed by atoms with van der Waals surface area (Å²) in [7, 11) is -3.10. The summed E-state index contributed by atoms with van der Waals surface area (Å²) >= 11 is 12.6. The number of rotatable bonds is 8. The van der Waals surface area contributed by atoms with E-state index in [1.54, 1.807) is 0 Å². The quantitative estimate of drug-likeness (QED) is 0.373. The van der Waals surface area contributed by atoms with Crippen molar-refractivity contribution >= 4 is 38.9 Å². The van der Waals surface area contributed by atoms with E-state index in [9.17, 15) is 13.2 Å². The molecule has 0 radical (unpaired) electrons. The van der Waals surface area contributed by atoms with Crippen LogP contribution in [0.5, 0.6) is 0 Å². The second kappa shape index (κ2) is 9.39. The lowest BCUT2D eigenvalue weighted by molar-refractivity contribution is -0.154. The number of hydrogen-bond donors (Lipinski definition) is 0. The molecule has 188 valence electrons. The Morgan fingerprint density at radius 1 is 0.971 bits per heavy atom. The fourth-order valence-electron chi connectivity index (χ4n) is 5.83. The molecule has 5 rings (SSSR count). The van der Waals surface area contributed by atoms with Gasteiger partial charge in [0.2, 0.25) is 5.91 Å². The maximum absolute atomic E-state index is 14.1. The van der Waals surface area contributed by atoms with Gasteiger partial charge in [-0.15, -0.1) is 0 Å². The van der Waals surface area contributed by atoms with Crippen LogP contribution in [0.25, 0.3) is 0 Å². The van der Waals surface area contributed by atoms with Gasteiger partial charge in [0.15, 0.2) is 9.84 Å². The van der Waals surface area contributed by atoms with Crippen LogP contribution in [0.3, 0.4) is 0 Å². The van der Waals surface area contributed by atoms with E-state index in [4.69, 9.17) is 23.2 Å². The Morgan fingerprint density at radius 3 is 2.26 bits per heavy atom. The minimum Gasteiger partial charge on any atom is -0.331 e. The van der Waals surface area contributed by atoms with Gasteiger partial charge in [-0.25, -0.2) is 8.42 Å². The summed E-state index contributed by atoms with van der Waals surface area (Å²) in [6.07, 6.45) is 4.80. The number of carbonyl (C=O) groups excluding carboxylic acids is 1. The van der Waals surface area contributed by atoms with Gasteiger partial charge in [0, 0.05) is 27.4 Å². The molecule has 1 amide bonds. The predicted molar refractivity (Wildman–Crippen MR) is 142 cm³/mol. The molecule has 4 nitrogen and oxygen atoms in total. The summed E-state index contributed by atoms with van der Waals surface area (Å²) in [5, 5.41) is 1.14. The van der Waals surface area contributed by atoms with Crippen molar-refractivity contribution in [2.75, 3.05) is 5.75 Å². The first-order chi connectivity index (χ1) is 16.6. The van der Waals surface area contributed by atoms with Crippen LogP contribution in [-0.4, -0.2) is 36.3 Å². The third kappa shape index (κ3) is 5.28. The molecule has 0 spiro atoms. The Balaban J connectivity index is 1.59. The van der Waals surface area contributed by atoms with Crippen molar-refractivity contribution in [3.05, 3.63) is 69.7 Å². The van der Waals surface area contributed by atoms with Crippen molar-refractivity contribution in [3.63, 3.8) is 0 Å². The highest BCUT2D eigenvalue weighted by molar-refractivity contribution is 7.92. The fourth-order valence-corrected chi connectivity index (χ4v) is 7.91. The number of nitrogens with zero attached hydrogens (tertiary/aromatic N) is 1. The lowest BCUT2D eigenvalue weighted by atomic mass is 9.69. The standard InChI is InChI=1S/C28H33Cl2NO3S/c1-28(2)17-24(20-4-3-5-22(30)16-20)26(19-8-10-21(29)11-9-19)31(27(28)32)25(18-6-7-18)14-15-35(33,34)23-12-13-23/h3-5,8-11,16,18,23-26H,6-7,12-15,17H2,1-2H3/t24?,25-,26+/m0/s1. The molecule has 1 heterocycles. The number of benzene rings is 2. The van der Waals surface area contributed by atoms with E-state index < -0.39 is 15.3 Å². The Hall–Kier alpha value is -1.56. The topological polar surface area (TPSA) is 54.5 Å². The van der Waals surface area contributed by atoms with Crippen LogP contribution in [0.4, 0.5) is 0 Å². The molecule has 3 atom stereocenters. The maximum atomic E-state index is 14.1. The number of piperidine rings is 1. The van der Waals surface area contributed by atoms with E-state index in [1.807, 2.05) is 56.3 Å². The van der Waals surface area contributed by atoms with E-state index in [-0.39, 0.29) is 34.9 Å². The zero-order valence-corrected chi connectivity index (χ0v) is 22.6. The molecule has 3 fully saturated rings. The van der Waals surface area contributed by atoms with Gasteiger partial charge in [-0.2, -0.15) is 0 Å². The average molecular weight is 535 g/mol. The summed E-state index contributed by atoms with van der Waals surface area (Å²) < 4.78 is 25.6. The highest BCUT2D eigenvalue weighted by Crippen LogP contribution is 2.53. The highest BCUT2D eigenvalue weighted by Gasteiger charge is 2.52. The van der Waals surface area contributed by atoms with E-state index in [0.717, 1.165) is 36.8 Å². The summed E-state index contributed by atoms with van der Waals surface area (Å²) in [6, 6.07) is 15.4. The minimum atomic E-state index is -3.10. The average Bonchev–Trinajstić information content (AvgIpc) is 3.69. The van der Waals surface area contributed by atoms with Crippen molar-refractivity contribution in [3.8, 4) is 0 Å². The van der Waals surface area contributed by atoms with Crippen molar-refractivity contribution in [2.24, 2.45) is 11.3 Å². The largest absolute Gasteiger partial charge is 0.331 e. The normalized spacial score (nSPS) is 25.5. The van der Waals surface area contributed by atoms with E-state index in [1.165, 1.54) is 0 Å². The number of likely N-dealkylation sites (tertiary alicyclic amines) is 1. The summed E-state index contributed by atoms with van der Waals surface area (Å²) in [4.78, 5) is 16.2. The van der Waals surface area contributed by atoms with Gasteiger partial charge in [-0.3, -0.25) is 4.79 Å². The van der Waals surface area contributed by atoms with Gasteiger partial charge in [0.05, 0.1) is 17.0 Å². The Bertz CT molecular complexity index is 1200. The Morgan fingerprint density at radius 2 is 1.66 bits per heavy atom. The highest BCUT2D eigenvalue weighted by atomic mass is 35.5. The zero-order chi connectivity index (χ0) is 25.0. The van der Waals surface area contributed by atoms with Crippen LogP contribution in [0, 0.1) is 11.3 Å². The van der Waals surface area contributed by atoms with E-state index in [2.05, 4.69) is 11.0 Å². The SMILES string of the molecule is CC1(C)CC(c2cccc(Cl)c2)[C@@H](c2ccc(Cl)cc2)N([C@@H](CCS(=O)(=O)C2CC2)C2CC2)C1=O. The van der Waals surface area contributed by atoms with Crippen molar-refractivity contribution in [1.82, 2.24) is 4.90 Å². The predicted octanol–water partition coefficient (Wildman–Crippen LogP) is 6.82. The molecule has 7 heteroatoms. The number of hydrogen-bond acceptors (Lipinski definition) is 3. The molecule has 1 saturated heterocycles. The van der Waals surface area contributed by atoms with Gasteiger partial charge in [-0.05, 0) is 79.8 Å². The molecular formula is C28H33Cl2NO3S. The van der Waals surface area contributed by atoms with Crippen LogP contribution in [0.15, 0.2) is 48.5 Å². The van der Waals surface area contributed by atoms with Crippen molar-refractivity contribution in [2.45, 2.75) is 75.6 Å². The lowest BCUT2D eigenvalue weighted by Gasteiger charge is -2.51. The molecule has 0 N–H and O–H groups in total. The molecule has 1 unspecified atom stereocenters. The molecule has 2 aromatic carbocycles. The van der Waals surface area contributed by atoms with Gasteiger partial charge in [0.25, 0.3) is 0 Å². The molecule has 0 aromatic heterocycles. The number of amides is 1.